The molecule has 1 aromatic rings. The Bertz CT molecular complexity index is 408. The van der Waals surface area contributed by atoms with Gasteiger partial charge in [-0.25, -0.2) is 0 Å². The third-order valence-electron chi connectivity index (χ3n) is 4.29. The minimum atomic E-state index is 0.239. The number of hydrogen-bond donors (Lipinski definition) is 0. The molecule has 0 spiro atoms. The molecule has 2 rings (SSSR count). The monoisotopic (exact) mass is 275 g/mol. The van der Waals surface area contributed by atoms with Gasteiger partial charge in [-0.1, -0.05) is 20.8 Å². The molecule has 1 aliphatic heterocycles. The summed E-state index contributed by atoms with van der Waals surface area (Å²) >= 11 is 0. The van der Waals surface area contributed by atoms with Gasteiger partial charge in [-0.2, -0.15) is 0 Å². The Morgan fingerprint density at radius 3 is 2.05 bits per heavy atom. The molecule has 1 saturated heterocycles. The molecule has 1 fully saturated rings. The zero-order valence-electron chi connectivity index (χ0n) is 13.6. The summed E-state index contributed by atoms with van der Waals surface area (Å²) in [5.74, 6) is 1.82. The number of nitrogens with zero attached hydrogens (tertiary/aromatic N) is 1. The first kappa shape index (κ1) is 15.2. The predicted octanol–water partition coefficient (Wildman–Crippen LogP) is 4.74. The van der Waals surface area contributed by atoms with E-state index in [1.54, 1.807) is 0 Å². The molecule has 2 nitrogen and oxygen atoms in total. The van der Waals surface area contributed by atoms with Crippen LogP contribution in [0.3, 0.4) is 0 Å². The van der Waals surface area contributed by atoms with Crippen molar-refractivity contribution in [1.82, 2.24) is 0 Å². The van der Waals surface area contributed by atoms with Gasteiger partial charge in [0.25, 0.3) is 0 Å². The smallest absolute Gasteiger partial charge is 0.119 e. The van der Waals surface area contributed by atoms with Gasteiger partial charge >= 0.3 is 0 Å². The molecule has 0 aromatic heterocycles. The summed E-state index contributed by atoms with van der Waals surface area (Å²) in [5.41, 5.74) is 1.77. The van der Waals surface area contributed by atoms with Crippen molar-refractivity contribution in [2.45, 2.75) is 53.6 Å². The summed E-state index contributed by atoms with van der Waals surface area (Å²) in [6.07, 6.45) is 2.84. The Hall–Kier alpha value is -1.18. The van der Waals surface area contributed by atoms with Crippen molar-refractivity contribution in [2.24, 2.45) is 11.3 Å². The van der Waals surface area contributed by atoms with Crippen LogP contribution in [0.5, 0.6) is 5.75 Å². The molecule has 112 valence electrons. The van der Waals surface area contributed by atoms with Crippen molar-refractivity contribution in [3.63, 3.8) is 0 Å². The number of ether oxygens (including phenoxy) is 1. The first-order valence-electron chi connectivity index (χ1n) is 7.88. The lowest BCUT2D eigenvalue weighted by Crippen LogP contribution is -2.37. The van der Waals surface area contributed by atoms with E-state index in [0.717, 1.165) is 11.7 Å². The molecule has 1 aromatic carbocycles. The highest BCUT2D eigenvalue weighted by molar-refractivity contribution is 5.49. The van der Waals surface area contributed by atoms with Crippen LogP contribution in [0.1, 0.15) is 47.5 Å². The topological polar surface area (TPSA) is 12.5 Å². The highest BCUT2D eigenvalue weighted by Crippen LogP contribution is 2.35. The van der Waals surface area contributed by atoms with E-state index in [0.29, 0.717) is 5.41 Å². The lowest BCUT2D eigenvalue weighted by molar-refractivity contribution is 0.199. The zero-order chi connectivity index (χ0) is 14.8. The van der Waals surface area contributed by atoms with Gasteiger partial charge in [0.1, 0.15) is 5.75 Å². The third-order valence-corrected chi connectivity index (χ3v) is 4.29. The van der Waals surface area contributed by atoms with Crippen LogP contribution in [0.4, 0.5) is 5.69 Å². The highest BCUT2D eigenvalue weighted by atomic mass is 16.5. The van der Waals surface area contributed by atoms with Crippen molar-refractivity contribution >= 4 is 5.69 Å². The lowest BCUT2D eigenvalue weighted by atomic mass is 9.75. The average Bonchev–Trinajstić information content (AvgIpc) is 2.38. The van der Waals surface area contributed by atoms with Crippen molar-refractivity contribution in [3.05, 3.63) is 24.3 Å². The Morgan fingerprint density at radius 1 is 1.05 bits per heavy atom. The summed E-state index contributed by atoms with van der Waals surface area (Å²) < 4.78 is 5.70. The molecule has 0 saturated carbocycles. The Kier molecular flexibility index (Phi) is 4.62. The van der Waals surface area contributed by atoms with Crippen LogP contribution in [0.2, 0.25) is 0 Å². The van der Waals surface area contributed by atoms with Gasteiger partial charge in [0, 0.05) is 18.8 Å². The van der Waals surface area contributed by atoms with Crippen LogP contribution in [0, 0.1) is 11.3 Å². The Balaban J connectivity index is 1.94. The molecular weight excluding hydrogens is 246 g/mol. The van der Waals surface area contributed by atoms with Crippen LogP contribution in [0.25, 0.3) is 0 Å². The maximum atomic E-state index is 5.70. The van der Waals surface area contributed by atoms with Crippen molar-refractivity contribution in [3.8, 4) is 5.75 Å². The standard InChI is InChI=1S/C18H29NO/c1-14(2)20-17-8-6-16(7-9-17)19-12-10-15(11-13-19)18(3,4)5/h6-9,14-15H,10-13H2,1-5H3. The molecule has 1 heterocycles. The van der Waals surface area contributed by atoms with E-state index < -0.39 is 0 Å². The number of hydrogen-bond acceptors (Lipinski definition) is 2. The van der Waals surface area contributed by atoms with E-state index in [-0.39, 0.29) is 6.10 Å². The fourth-order valence-electron chi connectivity index (χ4n) is 3.01. The molecule has 0 bridgehead atoms. The van der Waals surface area contributed by atoms with Gasteiger partial charge in [-0.3, -0.25) is 0 Å². The highest BCUT2D eigenvalue weighted by Gasteiger charge is 2.28. The molecule has 0 N–H and O–H groups in total. The Labute approximate surface area is 124 Å². The van der Waals surface area contributed by atoms with Crippen LogP contribution in [-0.2, 0) is 0 Å². The van der Waals surface area contributed by atoms with E-state index in [4.69, 9.17) is 4.74 Å². The van der Waals surface area contributed by atoms with Crippen LogP contribution < -0.4 is 9.64 Å². The molecule has 20 heavy (non-hydrogen) atoms. The minimum Gasteiger partial charge on any atom is -0.491 e. The second kappa shape index (κ2) is 6.07. The lowest BCUT2D eigenvalue weighted by Gasteiger charge is -2.39. The first-order chi connectivity index (χ1) is 9.36. The van der Waals surface area contributed by atoms with Gasteiger partial charge in [0.15, 0.2) is 0 Å². The molecular formula is C18H29NO. The maximum Gasteiger partial charge on any atom is 0.119 e. The molecule has 0 atom stereocenters. The molecule has 0 radical (unpaired) electrons. The van der Waals surface area contributed by atoms with Gasteiger partial charge in [-0.05, 0) is 62.3 Å². The summed E-state index contributed by atoms with van der Waals surface area (Å²) in [7, 11) is 0. The Morgan fingerprint density at radius 2 is 1.60 bits per heavy atom. The molecule has 2 heteroatoms. The summed E-state index contributed by atoms with van der Waals surface area (Å²) in [6.45, 7) is 13.6. The molecule has 0 aliphatic carbocycles. The molecule has 0 unspecified atom stereocenters. The van der Waals surface area contributed by atoms with Crippen molar-refractivity contribution in [1.29, 1.82) is 0 Å². The van der Waals surface area contributed by atoms with E-state index in [9.17, 15) is 0 Å². The fourth-order valence-corrected chi connectivity index (χ4v) is 3.01. The number of benzene rings is 1. The maximum absolute atomic E-state index is 5.70. The third kappa shape index (κ3) is 3.91. The van der Waals surface area contributed by atoms with Gasteiger partial charge in [0.05, 0.1) is 6.10 Å². The number of anilines is 1. The van der Waals surface area contributed by atoms with E-state index >= 15 is 0 Å². The van der Waals surface area contributed by atoms with E-state index in [1.165, 1.54) is 31.6 Å². The van der Waals surface area contributed by atoms with Gasteiger partial charge < -0.3 is 9.64 Å². The van der Waals surface area contributed by atoms with E-state index in [2.05, 4.69) is 63.8 Å². The number of piperidine rings is 1. The van der Waals surface area contributed by atoms with Crippen molar-refractivity contribution < 1.29 is 4.74 Å². The van der Waals surface area contributed by atoms with Gasteiger partial charge in [0.2, 0.25) is 0 Å². The summed E-state index contributed by atoms with van der Waals surface area (Å²) in [5, 5.41) is 0. The normalized spacial score (nSPS) is 17.6. The first-order valence-corrected chi connectivity index (χ1v) is 7.88. The van der Waals surface area contributed by atoms with Crippen LogP contribution in [0.15, 0.2) is 24.3 Å². The predicted molar refractivity (Wildman–Crippen MR) is 86.6 cm³/mol. The van der Waals surface area contributed by atoms with Gasteiger partial charge in [-0.15, -0.1) is 0 Å². The average molecular weight is 275 g/mol. The number of rotatable bonds is 3. The van der Waals surface area contributed by atoms with Crippen LogP contribution in [-0.4, -0.2) is 19.2 Å². The second-order valence-electron chi connectivity index (χ2n) is 7.29. The minimum absolute atomic E-state index is 0.239. The zero-order valence-corrected chi connectivity index (χ0v) is 13.6. The van der Waals surface area contributed by atoms with Crippen molar-refractivity contribution in [2.75, 3.05) is 18.0 Å². The fraction of sp³-hybridized carbons (Fsp3) is 0.667. The quantitative estimate of drug-likeness (QED) is 0.790. The van der Waals surface area contributed by atoms with E-state index in [1.807, 2.05) is 0 Å². The molecule has 0 amide bonds. The SMILES string of the molecule is CC(C)Oc1ccc(N2CCC(C(C)(C)C)CC2)cc1. The van der Waals surface area contributed by atoms with Crippen LogP contribution >= 0.6 is 0 Å². The molecule has 1 aliphatic rings. The second-order valence-corrected chi connectivity index (χ2v) is 7.29. The summed E-state index contributed by atoms with van der Waals surface area (Å²) in [6, 6.07) is 8.56. The summed E-state index contributed by atoms with van der Waals surface area (Å²) in [4.78, 5) is 2.50. The largest absolute Gasteiger partial charge is 0.491 e.